The average molecular weight is 308 g/mol. The maximum absolute atomic E-state index is 13.5. The van der Waals surface area contributed by atoms with Gasteiger partial charge in [-0.2, -0.15) is 8.78 Å². The molecule has 0 fully saturated rings. The number of aromatic nitrogens is 1. The molecule has 0 aliphatic heterocycles. The summed E-state index contributed by atoms with van der Waals surface area (Å²) in [6.07, 6.45) is 1.20. The van der Waals surface area contributed by atoms with Crippen LogP contribution in [0.4, 0.5) is 13.2 Å². The van der Waals surface area contributed by atoms with Crippen molar-refractivity contribution in [3.8, 4) is 17.0 Å². The molecule has 0 atom stereocenters. The van der Waals surface area contributed by atoms with Gasteiger partial charge in [-0.25, -0.2) is 9.37 Å². The predicted octanol–water partition coefficient (Wildman–Crippen LogP) is 4.80. The molecule has 0 radical (unpaired) electrons. The molecule has 1 aromatic heterocycles. The van der Waals surface area contributed by atoms with Crippen LogP contribution in [0.2, 0.25) is 10.0 Å². The number of alkyl halides is 2. The summed E-state index contributed by atoms with van der Waals surface area (Å²) in [5.74, 6) is -1.75. The van der Waals surface area contributed by atoms with Crippen molar-refractivity contribution in [2.75, 3.05) is 0 Å². The van der Waals surface area contributed by atoms with Gasteiger partial charge in [0.25, 0.3) is 5.88 Å². The monoisotopic (exact) mass is 307 g/mol. The Kier molecular flexibility index (Phi) is 4.17. The number of benzene rings is 1. The first-order valence-electron chi connectivity index (χ1n) is 5.02. The van der Waals surface area contributed by atoms with Gasteiger partial charge in [-0.05, 0) is 29.8 Å². The van der Waals surface area contributed by atoms with Gasteiger partial charge in [-0.15, -0.1) is 0 Å². The molecule has 0 unspecified atom stereocenters. The molecule has 0 aliphatic rings. The zero-order valence-corrected chi connectivity index (χ0v) is 10.7. The number of hydrogen-bond acceptors (Lipinski definition) is 2. The molecule has 7 heteroatoms. The van der Waals surface area contributed by atoms with Gasteiger partial charge in [0.15, 0.2) is 5.82 Å². The molecular weight excluding hydrogens is 302 g/mol. The Morgan fingerprint density at radius 1 is 1.00 bits per heavy atom. The smallest absolute Gasteiger partial charge is 0.388 e. The van der Waals surface area contributed by atoms with Crippen LogP contribution in [0.5, 0.6) is 5.88 Å². The minimum absolute atomic E-state index is 0.350. The van der Waals surface area contributed by atoms with E-state index in [1.807, 2.05) is 0 Å². The van der Waals surface area contributed by atoms with Crippen LogP contribution in [-0.2, 0) is 0 Å². The highest BCUT2D eigenvalue weighted by Gasteiger charge is 2.13. The van der Waals surface area contributed by atoms with Crippen LogP contribution in [0.25, 0.3) is 11.1 Å². The summed E-state index contributed by atoms with van der Waals surface area (Å²) in [7, 11) is 0. The van der Waals surface area contributed by atoms with E-state index >= 15 is 0 Å². The largest absolute Gasteiger partial charge is 0.414 e. The normalized spacial score (nSPS) is 10.8. The Labute approximate surface area is 116 Å². The Morgan fingerprint density at radius 3 is 2.16 bits per heavy atom. The third kappa shape index (κ3) is 3.52. The zero-order valence-electron chi connectivity index (χ0n) is 9.21. The highest BCUT2D eigenvalue weighted by molar-refractivity contribution is 6.35. The van der Waals surface area contributed by atoms with Gasteiger partial charge in [0.2, 0.25) is 0 Å². The number of pyridine rings is 1. The molecule has 2 aromatic rings. The van der Waals surface area contributed by atoms with Gasteiger partial charge in [-0.1, -0.05) is 23.2 Å². The van der Waals surface area contributed by atoms with E-state index in [9.17, 15) is 13.2 Å². The summed E-state index contributed by atoms with van der Waals surface area (Å²) in [6, 6.07) is 5.65. The minimum Gasteiger partial charge on any atom is -0.414 e. The molecule has 1 aromatic carbocycles. The van der Waals surface area contributed by atoms with Crippen LogP contribution in [-0.4, -0.2) is 11.6 Å². The van der Waals surface area contributed by atoms with E-state index in [0.29, 0.717) is 21.2 Å². The Morgan fingerprint density at radius 2 is 1.63 bits per heavy atom. The summed E-state index contributed by atoms with van der Waals surface area (Å²) in [4.78, 5) is 3.49. The van der Waals surface area contributed by atoms with E-state index in [-0.39, 0.29) is 0 Å². The second-order valence-corrected chi connectivity index (χ2v) is 4.42. The van der Waals surface area contributed by atoms with Crippen molar-refractivity contribution in [1.29, 1.82) is 0 Å². The summed E-state index contributed by atoms with van der Waals surface area (Å²) < 4.78 is 41.4. The van der Waals surface area contributed by atoms with E-state index in [4.69, 9.17) is 23.2 Å². The third-order valence-electron chi connectivity index (χ3n) is 2.20. The van der Waals surface area contributed by atoms with Crippen LogP contribution < -0.4 is 4.74 Å². The molecule has 0 saturated heterocycles. The van der Waals surface area contributed by atoms with Crippen molar-refractivity contribution in [3.05, 3.63) is 46.3 Å². The van der Waals surface area contributed by atoms with Crippen molar-refractivity contribution in [2.45, 2.75) is 6.61 Å². The van der Waals surface area contributed by atoms with Crippen molar-refractivity contribution in [2.24, 2.45) is 0 Å². The SMILES string of the molecule is Fc1cc(-c2cc(Cl)cc(Cl)c2)cnc1OC(F)F. The molecule has 0 aliphatic carbocycles. The Bertz CT molecular complexity index is 587. The molecule has 0 amide bonds. The molecule has 2 nitrogen and oxygen atoms in total. The lowest BCUT2D eigenvalue weighted by atomic mass is 10.1. The van der Waals surface area contributed by atoms with Crippen molar-refractivity contribution >= 4 is 23.2 Å². The fourth-order valence-corrected chi connectivity index (χ4v) is 2.00. The van der Waals surface area contributed by atoms with E-state index in [0.717, 1.165) is 6.07 Å². The summed E-state index contributed by atoms with van der Waals surface area (Å²) in [5.41, 5.74) is 0.871. The molecule has 0 N–H and O–H groups in total. The lowest BCUT2D eigenvalue weighted by Gasteiger charge is -2.07. The standard InChI is InChI=1S/C12H6Cl2F3NO/c13-8-1-6(2-9(14)4-8)7-3-10(15)11(18-5-7)19-12(16)17/h1-5,12H. The van der Waals surface area contributed by atoms with Gasteiger partial charge in [0, 0.05) is 21.8 Å². The number of halogens is 5. The van der Waals surface area contributed by atoms with Crippen molar-refractivity contribution in [1.82, 2.24) is 4.98 Å². The maximum atomic E-state index is 13.5. The molecule has 100 valence electrons. The number of ether oxygens (including phenoxy) is 1. The first-order chi connectivity index (χ1) is 8.95. The molecule has 0 spiro atoms. The van der Waals surface area contributed by atoms with Crippen molar-refractivity contribution < 1.29 is 17.9 Å². The van der Waals surface area contributed by atoms with Gasteiger partial charge < -0.3 is 4.74 Å². The summed E-state index contributed by atoms with van der Waals surface area (Å²) in [5, 5.41) is 0.742. The third-order valence-corrected chi connectivity index (χ3v) is 2.64. The van der Waals surface area contributed by atoms with E-state index in [1.165, 1.54) is 12.3 Å². The van der Waals surface area contributed by atoms with Gasteiger partial charge in [0.1, 0.15) is 0 Å². The molecule has 0 bridgehead atoms. The molecule has 0 saturated carbocycles. The lowest BCUT2D eigenvalue weighted by molar-refractivity contribution is -0.0553. The quantitative estimate of drug-likeness (QED) is 0.813. The van der Waals surface area contributed by atoms with E-state index < -0.39 is 18.3 Å². The average Bonchev–Trinajstić information content (AvgIpc) is 2.30. The fourth-order valence-electron chi connectivity index (χ4n) is 1.47. The van der Waals surface area contributed by atoms with Crippen LogP contribution in [0.1, 0.15) is 0 Å². The highest BCUT2D eigenvalue weighted by Crippen LogP contribution is 2.29. The first-order valence-corrected chi connectivity index (χ1v) is 5.78. The minimum atomic E-state index is -3.13. The van der Waals surface area contributed by atoms with E-state index in [1.54, 1.807) is 12.1 Å². The zero-order chi connectivity index (χ0) is 14.0. The van der Waals surface area contributed by atoms with Crippen LogP contribution in [0.3, 0.4) is 0 Å². The summed E-state index contributed by atoms with van der Waals surface area (Å²) >= 11 is 11.6. The maximum Gasteiger partial charge on any atom is 0.388 e. The van der Waals surface area contributed by atoms with Gasteiger partial charge in [0.05, 0.1) is 0 Å². The Hall–Kier alpha value is -1.46. The number of nitrogens with zero attached hydrogens (tertiary/aromatic N) is 1. The predicted molar refractivity (Wildman–Crippen MR) is 66.3 cm³/mol. The van der Waals surface area contributed by atoms with Crippen molar-refractivity contribution in [3.63, 3.8) is 0 Å². The second kappa shape index (κ2) is 5.67. The number of hydrogen-bond donors (Lipinski definition) is 0. The molecule has 19 heavy (non-hydrogen) atoms. The summed E-state index contributed by atoms with van der Waals surface area (Å²) in [6.45, 7) is -3.13. The van der Waals surface area contributed by atoms with Crippen LogP contribution >= 0.6 is 23.2 Å². The number of rotatable bonds is 3. The Balaban J connectivity index is 2.38. The highest BCUT2D eigenvalue weighted by atomic mass is 35.5. The van der Waals surface area contributed by atoms with Gasteiger partial charge >= 0.3 is 6.61 Å². The first kappa shape index (κ1) is 14.0. The molecule has 1 heterocycles. The van der Waals surface area contributed by atoms with Crippen LogP contribution in [0.15, 0.2) is 30.5 Å². The molecule has 2 rings (SSSR count). The topological polar surface area (TPSA) is 22.1 Å². The molecular formula is C12H6Cl2F3NO. The second-order valence-electron chi connectivity index (χ2n) is 3.55. The lowest BCUT2D eigenvalue weighted by Crippen LogP contribution is -2.05. The van der Waals surface area contributed by atoms with E-state index in [2.05, 4.69) is 9.72 Å². The van der Waals surface area contributed by atoms with Crippen LogP contribution in [0, 0.1) is 5.82 Å². The van der Waals surface area contributed by atoms with Gasteiger partial charge in [-0.3, -0.25) is 0 Å². The fraction of sp³-hybridized carbons (Fsp3) is 0.0833.